The van der Waals surface area contributed by atoms with E-state index < -0.39 is 0 Å². The highest BCUT2D eigenvalue weighted by Crippen LogP contribution is 2.20. The number of aromatic nitrogens is 5. The molecule has 0 radical (unpaired) electrons. The Balaban J connectivity index is 1.50. The topological polar surface area (TPSA) is 88.9 Å². The molecule has 1 saturated heterocycles. The third-order valence-corrected chi connectivity index (χ3v) is 3.96. The molecule has 0 aromatic carbocycles. The summed E-state index contributed by atoms with van der Waals surface area (Å²) in [6.07, 6.45) is 7.31. The molecule has 23 heavy (non-hydrogen) atoms. The van der Waals surface area contributed by atoms with E-state index in [1.165, 1.54) is 0 Å². The van der Waals surface area contributed by atoms with Crippen LogP contribution >= 0.6 is 0 Å². The molecule has 1 aliphatic heterocycles. The third-order valence-electron chi connectivity index (χ3n) is 3.96. The van der Waals surface area contributed by atoms with E-state index in [1.807, 2.05) is 22.6 Å². The summed E-state index contributed by atoms with van der Waals surface area (Å²) in [5.41, 5.74) is 0. The van der Waals surface area contributed by atoms with E-state index in [0.29, 0.717) is 31.9 Å². The fourth-order valence-corrected chi connectivity index (χ4v) is 2.63. The first-order valence-electron chi connectivity index (χ1n) is 8.02. The van der Waals surface area contributed by atoms with Gasteiger partial charge in [0, 0.05) is 38.3 Å². The van der Waals surface area contributed by atoms with Crippen molar-refractivity contribution in [3.05, 3.63) is 30.4 Å². The summed E-state index contributed by atoms with van der Waals surface area (Å²) >= 11 is 0. The van der Waals surface area contributed by atoms with Gasteiger partial charge in [0.15, 0.2) is 5.82 Å². The lowest BCUT2D eigenvalue weighted by atomic mass is 10.2. The van der Waals surface area contributed by atoms with Crippen LogP contribution in [0.2, 0.25) is 0 Å². The molecule has 8 heteroatoms. The van der Waals surface area contributed by atoms with Crippen LogP contribution in [0, 0.1) is 0 Å². The number of amides is 1. The number of aryl methyl sites for hydroxylation is 2. The number of rotatable bonds is 6. The maximum Gasteiger partial charge on any atom is 0.222 e. The van der Waals surface area contributed by atoms with Gasteiger partial charge in [0.05, 0.1) is 19.5 Å². The van der Waals surface area contributed by atoms with Crippen LogP contribution in [0.25, 0.3) is 0 Å². The molecule has 1 atom stereocenters. The molecule has 1 aliphatic rings. The molecule has 0 aliphatic carbocycles. The summed E-state index contributed by atoms with van der Waals surface area (Å²) in [5, 5.41) is 7.08. The van der Waals surface area contributed by atoms with Crippen molar-refractivity contribution in [1.82, 2.24) is 29.6 Å². The van der Waals surface area contributed by atoms with Gasteiger partial charge in [-0.15, -0.1) is 0 Å². The number of hydrogen-bond acceptors (Lipinski definition) is 5. The van der Waals surface area contributed by atoms with Gasteiger partial charge in [0.25, 0.3) is 0 Å². The number of imidazole rings is 1. The van der Waals surface area contributed by atoms with E-state index in [-0.39, 0.29) is 12.0 Å². The summed E-state index contributed by atoms with van der Waals surface area (Å²) in [4.78, 5) is 22.6. The van der Waals surface area contributed by atoms with Crippen LogP contribution in [-0.2, 0) is 22.5 Å². The summed E-state index contributed by atoms with van der Waals surface area (Å²) in [6.45, 7) is 4.49. The molecule has 124 valence electrons. The molecular formula is C15H22N6O2. The molecule has 8 nitrogen and oxygen atoms in total. The second-order valence-corrected chi connectivity index (χ2v) is 5.60. The molecule has 0 spiro atoms. The fraction of sp³-hybridized carbons (Fsp3) is 0.600. The Hall–Kier alpha value is -2.22. The molecule has 0 bridgehead atoms. The van der Waals surface area contributed by atoms with Gasteiger partial charge in [-0.3, -0.25) is 9.89 Å². The maximum absolute atomic E-state index is 12.4. The van der Waals surface area contributed by atoms with Gasteiger partial charge >= 0.3 is 0 Å². The molecular weight excluding hydrogens is 296 g/mol. The summed E-state index contributed by atoms with van der Waals surface area (Å²) < 4.78 is 7.70. The number of ether oxygens (including phenoxy) is 1. The lowest BCUT2D eigenvalue weighted by Gasteiger charge is -2.31. The van der Waals surface area contributed by atoms with E-state index in [1.54, 1.807) is 12.5 Å². The Morgan fingerprint density at radius 2 is 2.43 bits per heavy atom. The molecule has 2 aromatic heterocycles. The first-order valence-corrected chi connectivity index (χ1v) is 8.02. The number of aromatic amines is 1. The lowest BCUT2D eigenvalue weighted by Crippen LogP contribution is -2.42. The van der Waals surface area contributed by atoms with Crippen LogP contribution in [0.4, 0.5) is 0 Å². The number of H-pyrrole nitrogens is 1. The first-order chi connectivity index (χ1) is 11.3. The average Bonchev–Trinajstić information content (AvgIpc) is 3.26. The van der Waals surface area contributed by atoms with Crippen LogP contribution in [0.3, 0.4) is 0 Å². The van der Waals surface area contributed by atoms with Crippen LogP contribution in [0.1, 0.15) is 37.5 Å². The SMILES string of the molecule is CCc1nc([C@@H]2CN(C(=O)CCCn3ccnc3)CCO2)n[nH]1. The van der Waals surface area contributed by atoms with Crippen molar-refractivity contribution >= 4 is 5.91 Å². The number of carbonyl (C=O) groups excluding carboxylic acids is 1. The Morgan fingerprint density at radius 1 is 1.52 bits per heavy atom. The van der Waals surface area contributed by atoms with Crippen molar-refractivity contribution in [3.63, 3.8) is 0 Å². The van der Waals surface area contributed by atoms with E-state index in [9.17, 15) is 4.79 Å². The van der Waals surface area contributed by atoms with E-state index in [0.717, 1.165) is 25.2 Å². The molecule has 0 saturated carbocycles. The minimum Gasteiger partial charge on any atom is -0.366 e. The van der Waals surface area contributed by atoms with Gasteiger partial charge in [-0.25, -0.2) is 9.97 Å². The predicted molar refractivity (Wildman–Crippen MR) is 82.5 cm³/mol. The second kappa shape index (κ2) is 7.36. The van der Waals surface area contributed by atoms with Crippen LogP contribution < -0.4 is 0 Å². The average molecular weight is 318 g/mol. The Bertz CT molecular complexity index is 624. The quantitative estimate of drug-likeness (QED) is 0.856. The van der Waals surface area contributed by atoms with E-state index in [2.05, 4.69) is 20.2 Å². The number of hydrogen-bond donors (Lipinski definition) is 1. The smallest absolute Gasteiger partial charge is 0.222 e. The molecule has 1 amide bonds. The number of nitrogens with zero attached hydrogens (tertiary/aromatic N) is 5. The van der Waals surface area contributed by atoms with Gasteiger partial charge in [-0.2, -0.15) is 5.10 Å². The molecule has 1 fully saturated rings. The largest absolute Gasteiger partial charge is 0.366 e. The van der Waals surface area contributed by atoms with Gasteiger partial charge in [-0.1, -0.05) is 6.92 Å². The van der Waals surface area contributed by atoms with Gasteiger partial charge in [0.2, 0.25) is 5.91 Å². The molecule has 0 unspecified atom stereocenters. The van der Waals surface area contributed by atoms with Gasteiger partial charge in [-0.05, 0) is 6.42 Å². The highest BCUT2D eigenvalue weighted by Gasteiger charge is 2.27. The van der Waals surface area contributed by atoms with Crippen LogP contribution in [-0.4, -0.2) is 55.2 Å². The van der Waals surface area contributed by atoms with Crippen LogP contribution in [0.15, 0.2) is 18.7 Å². The number of nitrogens with one attached hydrogen (secondary N) is 1. The zero-order valence-corrected chi connectivity index (χ0v) is 13.3. The van der Waals surface area contributed by atoms with Crippen molar-refractivity contribution in [2.45, 2.75) is 38.8 Å². The Labute approximate surface area is 134 Å². The fourth-order valence-electron chi connectivity index (χ4n) is 2.63. The lowest BCUT2D eigenvalue weighted by molar-refractivity contribution is -0.139. The van der Waals surface area contributed by atoms with E-state index >= 15 is 0 Å². The second-order valence-electron chi connectivity index (χ2n) is 5.60. The van der Waals surface area contributed by atoms with Gasteiger partial charge < -0.3 is 14.2 Å². The van der Waals surface area contributed by atoms with Crippen LogP contribution in [0.5, 0.6) is 0 Å². The summed E-state index contributed by atoms with van der Waals surface area (Å²) in [7, 11) is 0. The standard InChI is InChI=1S/C15H22N6O2/c1-2-13-17-15(19-18-13)12-10-21(8-9-23-12)14(22)4-3-6-20-7-5-16-11-20/h5,7,11-12H,2-4,6,8-10H2,1H3,(H,17,18,19)/t12-/m0/s1. The first kappa shape index (κ1) is 15.7. The number of carbonyl (C=O) groups is 1. The minimum atomic E-state index is -0.238. The van der Waals surface area contributed by atoms with Crippen molar-refractivity contribution < 1.29 is 9.53 Å². The van der Waals surface area contributed by atoms with Gasteiger partial charge in [0.1, 0.15) is 11.9 Å². The molecule has 2 aromatic rings. The monoisotopic (exact) mass is 318 g/mol. The summed E-state index contributed by atoms with van der Waals surface area (Å²) in [6, 6.07) is 0. The molecule has 3 heterocycles. The molecule has 3 rings (SSSR count). The minimum absolute atomic E-state index is 0.157. The molecule has 1 N–H and O–H groups in total. The zero-order valence-electron chi connectivity index (χ0n) is 13.3. The van der Waals surface area contributed by atoms with Crippen molar-refractivity contribution in [2.75, 3.05) is 19.7 Å². The normalized spacial score (nSPS) is 18.3. The van der Waals surface area contributed by atoms with Crippen molar-refractivity contribution in [3.8, 4) is 0 Å². The van der Waals surface area contributed by atoms with E-state index in [4.69, 9.17) is 4.74 Å². The Kier molecular flexibility index (Phi) is 5.02. The van der Waals surface area contributed by atoms with Crippen molar-refractivity contribution in [1.29, 1.82) is 0 Å². The highest BCUT2D eigenvalue weighted by atomic mass is 16.5. The Morgan fingerprint density at radius 3 is 3.17 bits per heavy atom. The number of morpholine rings is 1. The highest BCUT2D eigenvalue weighted by molar-refractivity contribution is 5.76. The van der Waals surface area contributed by atoms with Crippen molar-refractivity contribution in [2.24, 2.45) is 0 Å². The zero-order chi connectivity index (χ0) is 16.1. The third kappa shape index (κ3) is 3.95. The summed E-state index contributed by atoms with van der Waals surface area (Å²) in [5.74, 6) is 1.63. The maximum atomic E-state index is 12.4. The predicted octanol–water partition coefficient (Wildman–Crippen LogP) is 0.944.